The normalized spacial score (nSPS) is 11.2. The van der Waals surface area contributed by atoms with E-state index >= 15 is 0 Å². The number of rotatable bonds is 16. The Kier molecular flexibility index (Phi) is 13.6. The molecule has 9 aromatic rings. The van der Waals surface area contributed by atoms with Gasteiger partial charge in [-0.1, -0.05) is 84.4 Å². The van der Waals surface area contributed by atoms with Crippen molar-refractivity contribution in [3.8, 4) is 22.6 Å². The minimum Gasteiger partial charge on any atom is -0.456 e. The first-order chi connectivity index (χ1) is 34.8. The zero-order valence-electron chi connectivity index (χ0n) is 40.5. The topological polar surface area (TPSA) is 204 Å². The number of carbonyl (C=O) groups excluding carboxylic acids is 3. The van der Waals surface area contributed by atoms with Gasteiger partial charge in [0.2, 0.25) is 0 Å². The van der Waals surface area contributed by atoms with Gasteiger partial charge in [0.25, 0.3) is 5.91 Å². The summed E-state index contributed by atoms with van der Waals surface area (Å²) in [5, 5.41) is 21.0. The van der Waals surface area contributed by atoms with E-state index in [1.807, 2.05) is 118 Å². The Morgan fingerprint density at radius 1 is 0.583 bits per heavy atom. The van der Waals surface area contributed by atoms with E-state index in [2.05, 4.69) is 38.8 Å². The van der Waals surface area contributed by atoms with Crippen molar-refractivity contribution in [3.05, 3.63) is 219 Å². The predicted molar refractivity (Wildman–Crippen MR) is 282 cm³/mol. The fourth-order valence-electron chi connectivity index (χ4n) is 9.20. The molecule has 3 aromatic heterocycles. The average Bonchev–Trinajstić information content (AvgIpc) is 3.92. The van der Waals surface area contributed by atoms with E-state index in [9.17, 15) is 14.4 Å². The maximum absolute atomic E-state index is 14.4. The van der Waals surface area contributed by atoms with Gasteiger partial charge in [0, 0.05) is 83.0 Å². The molecule has 9 rings (SSSR count). The molecule has 0 radical (unpaired) electrons. The average molecular weight is 955 g/mol. The molecular formula is C59H54N8O5. The SMILES string of the molecule is CCn1cc(Cc2ccc(C(=O)NCc3ccccn3)cc2Oc2ccc(C)cc2C(=O)OC(=O)c2ccc(C)cc2-c2ccccc2Cc2cn(CC)c3cc(C(=N)N)ccc23)c2ccc(C(=N)N)cc21. The lowest BCUT2D eigenvalue weighted by Gasteiger charge is -2.17. The number of benzene rings is 6. The lowest BCUT2D eigenvalue weighted by Crippen LogP contribution is -2.23. The Labute approximate surface area is 417 Å². The molecule has 0 spiro atoms. The molecule has 3 heterocycles. The third-order valence-electron chi connectivity index (χ3n) is 12.9. The van der Waals surface area contributed by atoms with E-state index in [0.717, 1.165) is 67.3 Å². The third kappa shape index (κ3) is 9.99. The van der Waals surface area contributed by atoms with Crippen LogP contribution in [0.25, 0.3) is 32.9 Å². The van der Waals surface area contributed by atoms with Gasteiger partial charge in [-0.3, -0.25) is 20.6 Å². The molecule has 0 atom stereocenters. The standard InChI is InChI=1S/C59H54N8O5/c1-5-66-33-42(46-21-18-39(55(60)61)29-51(46)66)27-37-11-7-8-13-45(37)49-25-35(3)14-20-48(49)58(69)72-59(70)50-26-36(4)15-23-53(50)71-54-31-41(57(68)65-32-44-12-9-10-24-64-44)17-16-38(54)28-43-34-67(6-2)52-30-40(56(62)63)19-22-47(43)52/h7-26,29-31,33-34H,5-6,27-28,32H2,1-4H3,(H3,60,61)(H3,62,63)(H,65,68). The Balaban J connectivity index is 1.03. The van der Waals surface area contributed by atoms with Gasteiger partial charge in [-0.25, -0.2) is 9.59 Å². The monoisotopic (exact) mass is 954 g/mol. The van der Waals surface area contributed by atoms with E-state index < -0.39 is 11.9 Å². The molecule has 0 bridgehead atoms. The highest BCUT2D eigenvalue weighted by molar-refractivity contribution is 6.07. The zero-order valence-corrected chi connectivity index (χ0v) is 40.5. The van der Waals surface area contributed by atoms with Crippen LogP contribution in [0.15, 0.2) is 152 Å². The van der Waals surface area contributed by atoms with Crippen molar-refractivity contribution in [1.29, 1.82) is 10.8 Å². The molecule has 7 N–H and O–H groups in total. The van der Waals surface area contributed by atoms with Gasteiger partial charge < -0.3 is 35.4 Å². The third-order valence-corrected chi connectivity index (χ3v) is 12.9. The first kappa shape index (κ1) is 47.9. The van der Waals surface area contributed by atoms with Crippen molar-refractivity contribution >= 4 is 51.3 Å². The van der Waals surface area contributed by atoms with E-state index in [0.29, 0.717) is 53.1 Å². The molecule has 0 saturated carbocycles. The van der Waals surface area contributed by atoms with E-state index in [4.69, 9.17) is 31.8 Å². The summed E-state index contributed by atoms with van der Waals surface area (Å²) >= 11 is 0. The summed E-state index contributed by atoms with van der Waals surface area (Å²) in [6.45, 7) is 9.50. The molecular weight excluding hydrogens is 901 g/mol. The summed E-state index contributed by atoms with van der Waals surface area (Å²) in [6.07, 6.45) is 6.77. The zero-order chi connectivity index (χ0) is 50.6. The molecule has 360 valence electrons. The van der Waals surface area contributed by atoms with Crippen LogP contribution in [0.2, 0.25) is 0 Å². The summed E-state index contributed by atoms with van der Waals surface area (Å²) in [6, 6.07) is 40.6. The van der Waals surface area contributed by atoms with E-state index in [-0.39, 0.29) is 41.0 Å². The van der Waals surface area contributed by atoms with Gasteiger partial charge in [-0.05, 0) is 121 Å². The number of aromatic nitrogens is 3. The number of fused-ring (bicyclic) bond motifs is 2. The van der Waals surface area contributed by atoms with Gasteiger partial charge in [-0.15, -0.1) is 0 Å². The lowest BCUT2D eigenvalue weighted by molar-refractivity contribution is 0.0396. The van der Waals surface area contributed by atoms with Crippen molar-refractivity contribution in [2.75, 3.05) is 0 Å². The summed E-state index contributed by atoms with van der Waals surface area (Å²) in [4.78, 5) is 46.8. The van der Waals surface area contributed by atoms with Crippen molar-refractivity contribution < 1.29 is 23.9 Å². The van der Waals surface area contributed by atoms with Crippen LogP contribution in [0.3, 0.4) is 0 Å². The van der Waals surface area contributed by atoms with Crippen molar-refractivity contribution in [2.24, 2.45) is 11.5 Å². The molecule has 6 aromatic carbocycles. The van der Waals surface area contributed by atoms with Crippen LogP contribution < -0.4 is 21.5 Å². The van der Waals surface area contributed by atoms with Crippen LogP contribution in [0, 0.1) is 24.7 Å². The number of nitrogens with two attached hydrogens (primary N) is 2. The molecule has 1 amide bonds. The van der Waals surface area contributed by atoms with Crippen LogP contribution in [0.5, 0.6) is 11.5 Å². The minimum atomic E-state index is -0.908. The summed E-state index contributed by atoms with van der Waals surface area (Å²) in [5.74, 6) is -1.66. The summed E-state index contributed by atoms with van der Waals surface area (Å²) in [5.41, 5.74) is 23.0. The van der Waals surface area contributed by atoms with Crippen molar-refractivity contribution in [2.45, 2.75) is 60.2 Å². The van der Waals surface area contributed by atoms with E-state index in [1.54, 1.807) is 42.6 Å². The second kappa shape index (κ2) is 20.5. The predicted octanol–water partition coefficient (Wildman–Crippen LogP) is 10.8. The quantitative estimate of drug-likeness (QED) is 0.0272. The number of amides is 1. The number of nitrogens with one attached hydrogen (secondary N) is 3. The summed E-state index contributed by atoms with van der Waals surface area (Å²) < 4.78 is 16.7. The number of pyridine rings is 1. The molecule has 0 unspecified atom stereocenters. The number of hydrogen-bond acceptors (Lipinski definition) is 8. The van der Waals surface area contributed by atoms with Gasteiger partial charge >= 0.3 is 11.9 Å². The molecule has 0 saturated heterocycles. The smallest absolute Gasteiger partial charge is 0.349 e. The fraction of sp³-hybridized carbons (Fsp3) is 0.153. The largest absolute Gasteiger partial charge is 0.456 e. The van der Waals surface area contributed by atoms with Gasteiger partial charge in [0.05, 0.1) is 17.8 Å². The Bertz CT molecular complexity index is 3610. The molecule has 13 nitrogen and oxygen atoms in total. The molecule has 13 heteroatoms. The fourth-order valence-corrected chi connectivity index (χ4v) is 9.20. The van der Waals surface area contributed by atoms with Crippen LogP contribution in [-0.2, 0) is 37.2 Å². The van der Waals surface area contributed by atoms with Crippen LogP contribution in [0.4, 0.5) is 0 Å². The van der Waals surface area contributed by atoms with Crippen LogP contribution in [-0.4, -0.2) is 43.6 Å². The van der Waals surface area contributed by atoms with Gasteiger partial charge in [0.15, 0.2) is 0 Å². The highest BCUT2D eigenvalue weighted by Crippen LogP contribution is 2.36. The number of ether oxygens (including phenoxy) is 2. The van der Waals surface area contributed by atoms with Crippen LogP contribution >= 0.6 is 0 Å². The number of carbonyl (C=O) groups is 3. The van der Waals surface area contributed by atoms with Crippen molar-refractivity contribution in [3.63, 3.8) is 0 Å². The highest BCUT2D eigenvalue weighted by atomic mass is 16.6. The maximum Gasteiger partial charge on any atom is 0.349 e. The summed E-state index contributed by atoms with van der Waals surface area (Å²) in [7, 11) is 0. The number of hydrogen-bond donors (Lipinski definition) is 5. The van der Waals surface area contributed by atoms with Crippen LogP contribution in [0.1, 0.15) is 95.1 Å². The Morgan fingerprint density at radius 2 is 1.18 bits per heavy atom. The number of esters is 2. The number of nitrogens with zero attached hydrogens (tertiary/aromatic N) is 3. The molecule has 0 aliphatic carbocycles. The highest BCUT2D eigenvalue weighted by Gasteiger charge is 2.25. The molecule has 72 heavy (non-hydrogen) atoms. The van der Waals surface area contributed by atoms with E-state index in [1.165, 1.54) is 0 Å². The number of nitrogen functional groups attached to an aromatic ring is 2. The number of aryl methyl sites for hydroxylation is 4. The van der Waals surface area contributed by atoms with Gasteiger partial charge in [-0.2, -0.15) is 0 Å². The Hall–Kier alpha value is -9.10. The molecule has 0 fully saturated rings. The molecule has 0 aliphatic heterocycles. The second-order valence-electron chi connectivity index (χ2n) is 17.8. The first-order valence-electron chi connectivity index (χ1n) is 23.8. The first-order valence-corrected chi connectivity index (χ1v) is 23.8. The maximum atomic E-state index is 14.4. The van der Waals surface area contributed by atoms with Gasteiger partial charge in [0.1, 0.15) is 28.7 Å². The number of amidine groups is 2. The lowest BCUT2D eigenvalue weighted by atomic mass is 9.91. The Morgan fingerprint density at radius 3 is 1.82 bits per heavy atom. The van der Waals surface area contributed by atoms with Crippen molar-refractivity contribution in [1.82, 2.24) is 19.4 Å². The molecule has 0 aliphatic rings. The second-order valence-corrected chi connectivity index (χ2v) is 17.8. The minimum absolute atomic E-state index is 0.00445.